The first-order valence-electron chi connectivity index (χ1n) is 26.4. The topological polar surface area (TPSA) is 78.9 Å². The lowest BCUT2D eigenvalue weighted by Gasteiger charge is -2.18. The Morgan fingerprint density at radius 3 is 0.831 bits per heavy atom. The highest BCUT2D eigenvalue weighted by Crippen LogP contribution is 2.17. The van der Waals surface area contributed by atoms with Crippen LogP contribution in [-0.4, -0.2) is 37.2 Å². The monoisotopic (exact) mass is 835 g/mol. The summed E-state index contributed by atoms with van der Waals surface area (Å²) in [5.41, 5.74) is 0. The number of unbranched alkanes of at least 4 members (excludes halogenated alkanes) is 35. The number of hydrogen-bond acceptors (Lipinski definition) is 6. The third kappa shape index (κ3) is 47.3. The molecule has 0 rings (SSSR count). The number of hydrogen-bond donors (Lipinski definition) is 0. The maximum absolute atomic E-state index is 12.8. The summed E-state index contributed by atoms with van der Waals surface area (Å²) in [5.74, 6) is -0.00410. The number of rotatable bonds is 48. The van der Waals surface area contributed by atoms with Gasteiger partial charge in [-0.2, -0.15) is 0 Å². The summed E-state index contributed by atoms with van der Waals surface area (Å²) in [4.78, 5) is 37.9. The van der Waals surface area contributed by atoms with Crippen molar-refractivity contribution in [2.75, 3.05) is 13.2 Å². The lowest BCUT2D eigenvalue weighted by Crippen LogP contribution is -2.30. The van der Waals surface area contributed by atoms with E-state index in [0.717, 1.165) is 63.7 Å². The molecule has 1 atom stereocenters. The van der Waals surface area contributed by atoms with Gasteiger partial charge in [-0.1, -0.05) is 259 Å². The molecule has 0 N–H and O–H groups in total. The summed E-state index contributed by atoms with van der Waals surface area (Å²) < 4.78 is 16.8. The molecule has 59 heavy (non-hydrogen) atoms. The predicted octanol–water partition coefficient (Wildman–Crippen LogP) is 17.1. The van der Waals surface area contributed by atoms with Crippen LogP contribution in [0.5, 0.6) is 0 Å². The van der Waals surface area contributed by atoms with E-state index in [1.807, 2.05) is 0 Å². The molecule has 0 radical (unpaired) electrons. The molecule has 0 amide bonds. The molecule has 0 saturated heterocycles. The van der Waals surface area contributed by atoms with E-state index in [1.165, 1.54) is 193 Å². The fraction of sp³-hybridized carbons (Fsp3) is 0.943. The lowest BCUT2D eigenvalue weighted by atomic mass is 10.0. The Balaban J connectivity index is 4.30. The van der Waals surface area contributed by atoms with Crippen molar-refractivity contribution in [2.45, 2.75) is 303 Å². The third-order valence-electron chi connectivity index (χ3n) is 12.0. The Kier molecular flexibility index (Phi) is 46.2. The van der Waals surface area contributed by atoms with Crippen molar-refractivity contribution in [3.63, 3.8) is 0 Å². The van der Waals surface area contributed by atoms with Crippen molar-refractivity contribution in [3.8, 4) is 0 Å². The van der Waals surface area contributed by atoms with Crippen molar-refractivity contribution < 1.29 is 28.6 Å². The molecule has 0 aliphatic rings. The minimum Gasteiger partial charge on any atom is -0.462 e. The fourth-order valence-electron chi connectivity index (χ4n) is 8.04. The maximum Gasteiger partial charge on any atom is 0.306 e. The second-order valence-electron chi connectivity index (χ2n) is 18.6. The molecule has 0 aromatic carbocycles. The van der Waals surface area contributed by atoms with E-state index in [2.05, 4.69) is 27.7 Å². The summed E-state index contributed by atoms with van der Waals surface area (Å²) in [7, 11) is 0. The van der Waals surface area contributed by atoms with Crippen molar-refractivity contribution in [2.24, 2.45) is 5.92 Å². The molecule has 0 aromatic heterocycles. The van der Waals surface area contributed by atoms with Gasteiger partial charge in [0.25, 0.3) is 0 Å². The SMILES string of the molecule is CCCCCCCCCCCCCCCC(=O)OC[C@@H](COC(=O)CCCCCCCCCCCCCC)OC(=O)CCCCCCCCCCCCCCCC(C)C. The van der Waals surface area contributed by atoms with Crippen molar-refractivity contribution >= 4 is 17.9 Å². The Hall–Kier alpha value is -1.59. The van der Waals surface area contributed by atoms with E-state index in [0.29, 0.717) is 19.3 Å². The van der Waals surface area contributed by atoms with E-state index < -0.39 is 6.10 Å². The number of carbonyl (C=O) groups is 3. The van der Waals surface area contributed by atoms with E-state index in [1.54, 1.807) is 0 Å². The van der Waals surface area contributed by atoms with Crippen LogP contribution >= 0.6 is 0 Å². The number of carbonyl (C=O) groups excluding carboxylic acids is 3. The van der Waals surface area contributed by atoms with Gasteiger partial charge in [0.05, 0.1) is 0 Å². The first-order valence-corrected chi connectivity index (χ1v) is 26.4. The average Bonchev–Trinajstić information content (AvgIpc) is 3.22. The van der Waals surface area contributed by atoms with Gasteiger partial charge in [0, 0.05) is 19.3 Å². The molecule has 6 nitrogen and oxygen atoms in total. The second kappa shape index (κ2) is 47.5. The molecule has 0 bridgehead atoms. The highest BCUT2D eigenvalue weighted by molar-refractivity contribution is 5.71. The van der Waals surface area contributed by atoms with Crippen molar-refractivity contribution in [3.05, 3.63) is 0 Å². The Morgan fingerprint density at radius 2 is 0.559 bits per heavy atom. The molecule has 0 aromatic rings. The molecule has 0 spiro atoms. The standard InChI is InChI=1S/C53H102O6/c1-5-7-9-11-13-15-17-20-25-29-33-37-41-45-52(55)58-48-50(47-57-51(54)44-40-36-32-28-24-18-16-14-12-10-8-6-2)59-53(56)46-42-38-34-30-26-22-19-21-23-27-31-35-39-43-49(3)4/h49-50H,5-48H2,1-4H3/t50-/m1/s1. The van der Waals surface area contributed by atoms with Gasteiger partial charge in [0.1, 0.15) is 13.2 Å². The molecule has 0 fully saturated rings. The summed E-state index contributed by atoms with van der Waals surface area (Å²) in [6.45, 7) is 9.03. The summed E-state index contributed by atoms with van der Waals surface area (Å²) in [6, 6.07) is 0. The molecule has 0 saturated carbocycles. The average molecular weight is 835 g/mol. The van der Waals surface area contributed by atoms with E-state index >= 15 is 0 Å². The van der Waals surface area contributed by atoms with Gasteiger partial charge in [-0.25, -0.2) is 0 Å². The van der Waals surface area contributed by atoms with Gasteiger partial charge in [0.15, 0.2) is 6.10 Å². The summed E-state index contributed by atoms with van der Waals surface area (Å²) in [6.07, 6.45) is 49.4. The normalized spacial score (nSPS) is 11.9. The van der Waals surface area contributed by atoms with Crippen LogP contribution in [0.15, 0.2) is 0 Å². The lowest BCUT2D eigenvalue weighted by molar-refractivity contribution is -0.167. The Bertz CT molecular complexity index is 887. The van der Waals surface area contributed by atoms with Gasteiger partial charge in [-0.05, 0) is 25.2 Å². The van der Waals surface area contributed by atoms with Crippen molar-refractivity contribution in [1.29, 1.82) is 0 Å². The van der Waals surface area contributed by atoms with Crippen LogP contribution in [0, 0.1) is 5.92 Å². The highest BCUT2D eigenvalue weighted by Gasteiger charge is 2.19. The van der Waals surface area contributed by atoms with E-state index in [9.17, 15) is 14.4 Å². The van der Waals surface area contributed by atoms with Gasteiger partial charge < -0.3 is 14.2 Å². The predicted molar refractivity (Wildman–Crippen MR) is 252 cm³/mol. The summed E-state index contributed by atoms with van der Waals surface area (Å²) >= 11 is 0. The van der Waals surface area contributed by atoms with Crippen LogP contribution in [0.2, 0.25) is 0 Å². The van der Waals surface area contributed by atoms with Crippen LogP contribution in [0.25, 0.3) is 0 Å². The van der Waals surface area contributed by atoms with E-state index in [-0.39, 0.29) is 31.1 Å². The van der Waals surface area contributed by atoms with Crippen LogP contribution < -0.4 is 0 Å². The quantitative estimate of drug-likeness (QED) is 0.0345. The van der Waals surface area contributed by atoms with Gasteiger partial charge in [-0.3, -0.25) is 14.4 Å². The minimum absolute atomic E-state index is 0.0625. The number of ether oxygens (including phenoxy) is 3. The van der Waals surface area contributed by atoms with Crippen molar-refractivity contribution in [1.82, 2.24) is 0 Å². The smallest absolute Gasteiger partial charge is 0.306 e. The Morgan fingerprint density at radius 1 is 0.322 bits per heavy atom. The van der Waals surface area contributed by atoms with Crippen LogP contribution in [0.1, 0.15) is 297 Å². The maximum atomic E-state index is 12.8. The molecule has 0 unspecified atom stereocenters. The van der Waals surface area contributed by atoms with Gasteiger partial charge >= 0.3 is 17.9 Å². The molecule has 0 aliphatic carbocycles. The van der Waals surface area contributed by atoms with Gasteiger partial charge in [-0.15, -0.1) is 0 Å². The summed E-state index contributed by atoms with van der Waals surface area (Å²) in [5, 5.41) is 0. The van der Waals surface area contributed by atoms with Gasteiger partial charge in [0.2, 0.25) is 0 Å². The number of esters is 3. The Labute approximate surface area is 368 Å². The van der Waals surface area contributed by atoms with Crippen LogP contribution in [-0.2, 0) is 28.6 Å². The second-order valence-corrected chi connectivity index (χ2v) is 18.6. The molecular formula is C53H102O6. The first-order chi connectivity index (χ1) is 28.9. The zero-order valence-corrected chi connectivity index (χ0v) is 40.2. The molecule has 0 heterocycles. The first kappa shape index (κ1) is 57.4. The molecule has 6 heteroatoms. The molecule has 0 aliphatic heterocycles. The van der Waals surface area contributed by atoms with Crippen LogP contribution in [0.3, 0.4) is 0 Å². The largest absolute Gasteiger partial charge is 0.462 e. The zero-order valence-electron chi connectivity index (χ0n) is 40.2. The van der Waals surface area contributed by atoms with Crippen LogP contribution in [0.4, 0.5) is 0 Å². The third-order valence-corrected chi connectivity index (χ3v) is 12.0. The zero-order chi connectivity index (χ0) is 43.1. The fourth-order valence-corrected chi connectivity index (χ4v) is 8.04. The molecule has 350 valence electrons. The minimum atomic E-state index is -0.760. The molecular weight excluding hydrogens is 733 g/mol. The highest BCUT2D eigenvalue weighted by atomic mass is 16.6. The van der Waals surface area contributed by atoms with E-state index in [4.69, 9.17) is 14.2 Å².